The Morgan fingerprint density at radius 3 is 2.37 bits per heavy atom. The standard InChI is InChI=1S/C21H22FNO4/c22-15-6-14-1-2-27-17(14)16(7-15)19(24)23-18(20(25)26)21-8-11-3-12(9-21)5-13(4-11)10-21/h1-2,6-7,11-13,18H,3-5,8-10H2,(H,23,24)(H,25,26). The van der Waals surface area contributed by atoms with Gasteiger partial charge in [-0.15, -0.1) is 0 Å². The highest BCUT2D eigenvalue weighted by Gasteiger charge is 2.56. The van der Waals surface area contributed by atoms with Gasteiger partial charge < -0.3 is 14.8 Å². The van der Waals surface area contributed by atoms with Crippen molar-refractivity contribution in [3.63, 3.8) is 0 Å². The fraction of sp³-hybridized carbons (Fsp3) is 0.524. The van der Waals surface area contributed by atoms with Crippen LogP contribution in [0.4, 0.5) is 4.39 Å². The zero-order valence-electron chi connectivity index (χ0n) is 14.9. The molecule has 6 heteroatoms. The van der Waals surface area contributed by atoms with Crippen LogP contribution in [-0.2, 0) is 4.79 Å². The SMILES string of the molecule is O=C(NC(C(=O)O)C12CC3CC(CC(C3)C1)C2)c1cc(F)cc2ccoc12. The Hall–Kier alpha value is -2.37. The van der Waals surface area contributed by atoms with Crippen LogP contribution < -0.4 is 5.32 Å². The van der Waals surface area contributed by atoms with Crippen LogP contribution in [0.5, 0.6) is 0 Å². The molecule has 5 nitrogen and oxygen atoms in total. The summed E-state index contributed by atoms with van der Waals surface area (Å²) in [6.07, 6.45) is 7.54. The highest BCUT2D eigenvalue weighted by Crippen LogP contribution is 2.61. The molecule has 4 fully saturated rings. The minimum absolute atomic E-state index is 0.0472. The van der Waals surface area contributed by atoms with Gasteiger partial charge in [0.25, 0.3) is 5.91 Å². The van der Waals surface area contributed by atoms with Crippen LogP contribution in [0.2, 0.25) is 0 Å². The zero-order chi connectivity index (χ0) is 18.8. The average Bonchev–Trinajstić information content (AvgIpc) is 3.05. The van der Waals surface area contributed by atoms with E-state index in [2.05, 4.69) is 5.32 Å². The van der Waals surface area contributed by atoms with Crippen molar-refractivity contribution in [2.45, 2.75) is 44.6 Å². The minimum atomic E-state index is -1.00. The predicted octanol–water partition coefficient (Wildman–Crippen LogP) is 3.97. The monoisotopic (exact) mass is 371 g/mol. The number of rotatable bonds is 4. The van der Waals surface area contributed by atoms with Gasteiger partial charge in [-0.25, -0.2) is 9.18 Å². The number of amides is 1. The fourth-order valence-corrected chi connectivity index (χ4v) is 6.43. The molecule has 6 rings (SSSR count). The average molecular weight is 371 g/mol. The van der Waals surface area contributed by atoms with Gasteiger partial charge in [0, 0.05) is 10.8 Å². The second-order valence-electron chi connectivity index (χ2n) is 8.82. The van der Waals surface area contributed by atoms with E-state index in [9.17, 15) is 19.1 Å². The molecule has 1 aromatic heterocycles. The van der Waals surface area contributed by atoms with Crippen LogP contribution in [0.15, 0.2) is 28.9 Å². The number of carboxylic acids is 1. The summed E-state index contributed by atoms with van der Waals surface area (Å²) >= 11 is 0. The molecule has 1 heterocycles. The first kappa shape index (κ1) is 16.8. The number of benzene rings is 1. The van der Waals surface area contributed by atoms with Crippen molar-refractivity contribution in [1.29, 1.82) is 0 Å². The van der Waals surface area contributed by atoms with E-state index in [0.29, 0.717) is 23.1 Å². The van der Waals surface area contributed by atoms with Crippen molar-refractivity contribution in [1.82, 2.24) is 5.32 Å². The van der Waals surface area contributed by atoms with Gasteiger partial charge in [-0.05, 0) is 74.5 Å². The lowest BCUT2D eigenvalue weighted by Gasteiger charge is -2.58. The number of aliphatic carboxylic acids is 1. The number of furan rings is 1. The van der Waals surface area contributed by atoms with E-state index >= 15 is 0 Å². The number of hydrogen-bond donors (Lipinski definition) is 2. The Balaban J connectivity index is 1.48. The summed E-state index contributed by atoms with van der Waals surface area (Å²) in [6.45, 7) is 0. The first-order valence-corrected chi connectivity index (χ1v) is 9.64. The number of carboxylic acid groups (broad SMARTS) is 1. The lowest BCUT2D eigenvalue weighted by Crippen LogP contribution is -2.59. The number of hydrogen-bond acceptors (Lipinski definition) is 3. The normalized spacial score (nSPS) is 32.6. The molecule has 4 aliphatic rings. The largest absolute Gasteiger partial charge is 0.480 e. The Morgan fingerprint density at radius 1 is 1.15 bits per heavy atom. The third-order valence-corrected chi connectivity index (χ3v) is 6.98. The molecule has 4 saturated carbocycles. The molecular weight excluding hydrogens is 349 g/mol. The Kier molecular flexibility index (Phi) is 3.61. The highest BCUT2D eigenvalue weighted by molar-refractivity contribution is 6.06. The maximum atomic E-state index is 13.9. The lowest BCUT2D eigenvalue weighted by molar-refractivity contribution is -0.150. The molecule has 1 amide bonds. The fourth-order valence-electron chi connectivity index (χ4n) is 6.43. The quantitative estimate of drug-likeness (QED) is 0.852. The molecule has 142 valence electrons. The number of nitrogens with one attached hydrogen (secondary N) is 1. The van der Waals surface area contributed by atoms with Gasteiger partial charge in [-0.1, -0.05) is 0 Å². The molecule has 4 aliphatic carbocycles. The number of carbonyl (C=O) groups excluding carboxylic acids is 1. The predicted molar refractivity (Wildman–Crippen MR) is 95.7 cm³/mol. The molecule has 1 unspecified atom stereocenters. The van der Waals surface area contributed by atoms with Crippen LogP contribution in [-0.4, -0.2) is 23.0 Å². The van der Waals surface area contributed by atoms with E-state index in [4.69, 9.17) is 4.42 Å². The van der Waals surface area contributed by atoms with Crippen LogP contribution in [0.3, 0.4) is 0 Å². The smallest absolute Gasteiger partial charge is 0.326 e. The van der Waals surface area contributed by atoms with Crippen LogP contribution in [0.1, 0.15) is 48.9 Å². The summed E-state index contributed by atoms with van der Waals surface area (Å²) in [7, 11) is 0. The van der Waals surface area contributed by atoms with E-state index in [0.717, 1.165) is 25.3 Å². The molecule has 0 radical (unpaired) electrons. The molecule has 4 bridgehead atoms. The van der Waals surface area contributed by atoms with Gasteiger partial charge in [0.2, 0.25) is 0 Å². The summed E-state index contributed by atoms with van der Waals surface area (Å²) in [6, 6.07) is 3.04. The summed E-state index contributed by atoms with van der Waals surface area (Å²) in [5, 5.41) is 13.2. The molecule has 1 aromatic carbocycles. The topological polar surface area (TPSA) is 79.5 Å². The van der Waals surface area contributed by atoms with Crippen LogP contribution >= 0.6 is 0 Å². The second kappa shape index (κ2) is 5.81. The van der Waals surface area contributed by atoms with Crippen LogP contribution in [0.25, 0.3) is 11.0 Å². The number of halogens is 1. The zero-order valence-corrected chi connectivity index (χ0v) is 14.9. The summed E-state index contributed by atoms with van der Waals surface area (Å²) in [4.78, 5) is 25.1. The lowest BCUT2D eigenvalue weighted by atomic mass is 9.47. The second-order valence-corrected chi connectivity index (χ2v) is 8.82. The maximum Gasteiger partial charge on any atom is 0.326 e. The highest BCUT2D eigenvalue weighted by atomic mass is 19.1. The van der Waals surface area contributed by atoms with Gasteiger partial charge >= 0.3 is 5.97 Å². The number of carbonyl (C=O) groups is 2. The number of fused-ring (bicyclic) bond motifs is 1. The van der Waals surface area contributed by atoms with Gasteiger partial charge in [-0.2, -0.15) is 0 Å². The maximum absolute atomic E-state index is 13.9. The van der Waals surface area contributed by atoms with Crippen molar-refractivity contribution in [2.24, 2.45) is 23.2 Å². The van der Waals surface area contributed by atoms with Crippen molar-refractivity contribution >= 4 is 22.8 Å². The summed E-state index contributed by atoms with van der Waals surface area (Å²) in [5.41, 5.74) is -0.0548. The van der Waals surface area contributed by atoms with Crippen molar-refractivity contribution < 1.29 is 23.5 Å². The molecule has 1 atom stereocenters. The van der Waals surface area contributed by atoms with Gasteiger partial charge in [-0.3, -0.25) is 4.79 Å². The van der Waals surface area contributed by atoms with Crippen molar-refractivity contribution in [3.8, 4) is 0 Å². The van der Waals surface area contributed by atoms with E-state index in [1.165, 1.54) is 31.6 Å². The Bertz CT molecular complexity index is 898. The van der Waals surface area contributed by atoms with Gasteiger partial charge in [0.05, 0.1) is 11.8 Å². The van der Waals surface area contributed by atoms with Crippen molar-refractivity contribution in [3.05, 3.63) is 35.8 Å². The third-order valence-electron chi connectivity index (χ3n) is 6.98. The summed E-state index contributed by atoms with van der Waals surface area (Å²) < 4.78 is 19.2. The molecule has 0 spiro atoms. The minimum Gasteiger partial charge on any atom is -0.480 e. The Morgan fingerprint density at radius 2 is 1.78 bits per heavy atom. The molecule has 27 heavy (non-hydrogen) atoms. The van der Waals surface area contributed by atoms with Crippen LogP contribution in [0, 0.1) is 29.0 Å². The molecule has 0 saturated heterocycles. The van der Waals surface area contributed by atoms with E-state index in [1.54, 1.807) is 6.07 Å². The van der Waals surface area contributed by atoms with E-state index in [1.807, 2.05) is 0 Å². The van der Waals surface area contributed by atoms with Gasteiger partial charge in [0.1, 0.15) is 17.4 Å². The molecule has 2 aromatic rings. The molecular formula is C21H22FNO4. The van der Waals surface area contributed by atoms with Gasteiger partial charge in [0.15, 0.2) is 0 Å². The molecule has 0 aliphatic heterocycles. The first-order valence-electron chi connectivity index (χ1n) is 9.64. The first-order chi connectivity index (χ1) is 12.9. The van der Waals surface area contributed by atoms with Crippen molar-refractivity contribution in [2.75, 3.05) is 0 Å². The van der Waals surface area contributed by atoms with E-state index < -0.39 is 23.7 Å². The Labute approximate surface area is 155 Å². The third kappa shape index (κ3) is 2.65. The molecule has 2 N–H and O–H groups in total. The van der Waals surface area contributed by atoms with E-state index in [-0.39, 0.29) is 16.6 Å². The summed E-state index contributed by atoms with van der Waals surface area (Å²) in [5.74, 6) is -0.423.